The molecule has 1 atom stereocenters. The van der Waals surface area contributed by atoms with Gasteiger partial charge in [0.2, 0.25) is 0 Å². The number of hydrogen-bond donors (Lipinski definition) is 2. The Bertz CT molecular complexity index is 336. The average Bonchev–Trinajstić information content (AvgIpc) is 2.29. The molecule has 0 bridgehead atoms. The monoisotopic (exact) mass is 222 g/mol. The smallest absolute Gasteiger partial charge is 0.271 e. The molecule has 88 valence electrons. The van der Waals surface area contributed by atoms with Crippen molar-refractivity contribution in [1.82, 2.24) is 15.5 Å². The molecule has 0 aliphatic rings. The van der Waals surface area contributed by atoms with Gasteiger partial charge < -0.3 is 10.6 Å². The molecule has 5 heteroatoms. The van der Waals surface area contributed by atoms with Crippen molar-refractivity contribution in [1.29, 1.82) is 0 Å². The van der Waals surface area contributed by atoms with E-state index >= 15 is 0 Å². The summed E-state index contributed by atoms with van der Waals surface area (Å²) in [6.45, 7) is 4.23. The number of nitrogens with zero attached hydrogens (tertiary/aromatic N) is 2. The highest BCUT2D eigenvalue weighted by atomic mass is 16.1. The van der Waals surface area contributed by atoms with Crippen LogP contribution < -0.4 is 10.6 Å². The Balaban J connectivity index is 2.61. The molecule has 1 aromatic heterocycles. The molecule has 1 rings (SSSR count). The lowest BCUT2D eigenvalue weighted by Gasteiger charge is -2.12. The molecule has 0 aliphatic heterocycles. The topological polar surface area (TPSA) is 66.9 Å². The number of aromatic nitrogens is 2. The van der Waals surface area contributed by atoms with Gasteiger partial charge in [0.15, 0.2) is 5.69 Å². The molecule has 0 aliphatic carbocycles. The van der Waals surface area contributed by atoms with Crippen molar-refractivity contribution in [2.24, 2.45) is 0 Å². The van der Waals surface area contributed by atoms with Gasteiger partial charge in [0.05, 0.1) is 0 Å². The predicted octanol–water partition coefficient (Wildman–Crippen LogP) is 1.44. The number of nitrogens with one attached hydrogen (secondary N) is 2. The van der Waals surface area contributed by atoms with E-state index in [2.05, 4.69) is 34.7 Å². The molecule has 0 fully saturated rings. The van der Waals surface area contributed by atoms with Crippen LogP contribution in [0, 0.1) is 0 Å². The number of hydrogen-bond acceptors (Lipinski definition) is 4. The number of anilines is 1. The van der Waals surface area contributed by atoms with E-state index in [1.807, 2.05) is 0 Å². The third-order valence-electron chi connectivity index (χ3n) is 2.24. The molecule has 0 saturated carbocycles. The first kappa shape index (κ1) is 12.4. The number of amides is 1. The predicted molar refractivity (Wildman–Crippen MR) is 63.4 cm³/mol. The second kappa shape index (κ2) is 6.05. The van der Waals surface area contributed by atoms with Gasteiger partial charge >= 0.3 is 0 Å². The maximum absolute atomic E-state index is 11.2. The zero-order chi connectivity index (χ0) is 12.0. The Morgan fingerprint density at radius 3 is 2.69 bits per heavy atom. The molecule has 0 saturated heterocycles. The van der Waals surface area contributed by atoms with E-state index in [0.29, 0.717) is 17.6 Å². The minimum atomic E-state index is -0.222. The van der Waals surface area contributed by atoms with E-state index < -0.39 is 0 Å². The van der Waals surface area contributed by atoms with Crippen LogP contribution in [-0.4, -0.2) is 29.2 Å². The third-order valence-corrected chi connectivity index (χ3v) is 2.24. The van der Waals surface area contributed by atoms with Gasteiger partial charge in [0, 0.05) is 13.1 Å². The van der Waals surface area contributed by atoms with E-state index in [0.717, 1.165) is 12.8 Å². The number of rotatable bonds is 5. The average molecular weight is 222 g/mol. The molecule has 0 radical (unpaired) electrons. The molecule has 0 aromatic carbocycles. The van der Waals surface area contributed by atoms with Crippen molar-refractivity contribution < 1.29 is 4.79 Å². The van der Waals surface area contributed by atoms with Crippen molar-refractivity contribution in [2.45, 2.75) is 32.7 Å². The molecule has 1 aromatic rings. The molecule has 1 heterocycles. The van der Waals surface area contributed by atoms with Crippen molar-refractivity contribution in [3.05, 3.63) is 17.8 Å². The second-order valence-electron chi connectivity index (χ2n) is 3.72. The quantitative estimate of drug-likeness (QED) is 0.791. The van der Waals surface area contributed by atoms with Gasteiger partial charge in [-0.2, -0.15) is 0 Å². The van der Waals surface area contributed by atoms with Crippen LogP contribution >= 0.6 is 0 Å². The Morgan fingerprint density at radius 2 is 2.19 bits per heavy atom. The maximum Gasteiger partial charge on any atom is 0.271 e. The molecule has 1 amide bonds. The highest BCUT2D eigenvalue weighted by molar-refractivity contribution is 5.91. The Hall–Kier alpha value is -1.65. The van der Waals surface area contributed by atoms with Crippen LogP contribution in [0.25, 0.3) is 0 Å². The molecule has 0 spiro atoms. The van der Waals surface area contributed by atoms with Crippen molar-refractivity contribution in [3.63, 3.8) is 0 Å². The van der Waals surface area contributed by atoms with E-state index in [-0.39, 0.29) is 5.91 Å². The summed E-state index contributed by atoms with van der Waals surface area (Å²) in [5, 5.41) is 13.5. The Labute approximate surface area is 95.7 Å². The van der Waals surface area contributed by atoms with E-state index in [1.165, 1.54) is 0 Å². The first-order chi connectivity index (χ1) is 7.67. The highest BCUT2D eigenvalue weighted by Crippen LogP contribution is 2.06. The van der Waals surface area contributed by atoms with E-state index in [9.17, 15) is 4.79 Å². The highest BCUT2D eigenvalue weighted by Gasteiger charge is 2.06. The van der Waals surface area contributed by atoms with Gasteiger partial charge in [-0.3, -0.25) is 4.79 Å². The fourth-order valence-corrected chi connectivity index (χ4v) is 1.42. The summed E-state index contributed by atoms with van der Waals surface area (Å²) in [7, 11) is 1.57. The summed E-state index contributed by atoms with van der Waals surface area (Å²) in [6, 6.07) is 3.79. The third kappa shape index (κ3) is 3.49. The summed E-state index contributed by atoms with van der Waals surface area (Å²) in [5.41, 5.74) is 0.330. The van der Waals surface area contributed by atoms with Crippen molar-refractivity contribution in [2.75, 3.05) is 12.4 Å². The summed E-state index contributed by atoms with van der Waals surface area (Å²) < 4.78 is 0. The SMILES string of the molecule is CCCC(C)Nc1ccc(C(=O)NC)nn1. The van der Waals surface area contributed by atoms with Gasteiger partial charge in [-0.15, -0.1) is 10.2 Å². The fourth-order valence-electron chi connectivity index (χ4n) is 1.42. The standard InChI is InChI=1S/C11H18N4O/c1-4-5-8(2)13-10-7-6-9(14-15-10)11(16)12-3/h6-8H,4-5H2,1-3H3,(H,12,16)(H,13,15). The molecular weight excluding hydrogens is 204 g/mol. The maximum atomic E-state index is 11.2. The molecule has 5 nitrogen and oxygen atoms in total. The van der Waals surface area contributed by atoms with Crippen LogP contribution in [0.15, 0.2) is 12.1 Å². The van der Waals surface area contributed by atoms with E-state index in [4.69, 9.17) is 0 Å². The lowest BCUT2D eigenvalue weighted by atomic mass is 10.2. The molecule has 1 unspecified atom stereocenters. The van der Waals surface area contributed by atoms with Crippen molar-refractivity contribution >= 4 is 11.7 Å². The van der Waals surface area contributed by atoms with Gasteiger partial charge in [-0.25, -0.2) is 0 Å². The number of carbonyl (C=O) groups excluding carboxylic acids is 1. The first-order valence-corrected chi connectivity index (χ1v) is 5.49. The van der Waals surface area contributed by atoms with Crippen LogP contribution in [0.3, 0.4) is 0 Å². The Kier molecular flexibility index (Phi) is 4.69. The molecule has 2 N–H and O–H groups in total. The number of carbonyl (C=O) groups is 1. The largest absolute Gasteiger partial charge is 0.366 e. The van der Waals surface area contributed by atoms with Crippen LogP contribution in [0.5, 0.6) is 0 Å². The summed E-state index contributed by atoms with van der Waals surface area (Å²) in [6.07, 6.45) is 2.21. The zero-order valence-electron chi connectivity index (χ0n) is 9.95. The van der Waals surface area contributed by atoms with Crippen LogP contribution in [-0.2, 0) is 0 Å². The van der Waals surface area contributed by atoms with E-state index in [1.54, 1.807) is 19.2 Å². The lowest BCUT2D eigenvalue weighted by molar-refractivity contribution is 0.0957. The minimum Gasteiger partial charge on any atom is -0.366 e. The molecule has 16 heavy (non-hydrogen) atoms. The normalized spacial score (nSPS) is 11.9. The van der Waals surface area contributed by atoms with Crippen molar-refractivity contribution in [3.8, 4) is 0 Å². The summed E-state index contributed by atoms with van der Waals surface area (Å²) in [5.74, 6) is 0.481. The second-order valence-corrected chi connectivity index (χ2v) is 3.72. The van der Waals surface area contributed by atoms with Crippen LogP contribution in [0.2, 0.25) is 0 Å². The van der Waals surface area contributed by atoms with Gasteiger partial charge in [0.25, 0.3) is 5.91 Å². The zero-order valence-corrected chi connectivity index (χ0v) is 9.95. The Morgan fingerprint density at radius 1 is 1.44 bits per heavy atom. The lowest BCUT2D eigenvalue weighted by Crippen LogP contribution is -2.20. The fraction of sp³-hybridized carbons (Fsp3) is 0.545. The van der Waals surface area contributed by atoms with Crippen LogP contribution in [0.4, 0.5) is 5.82 Å². The van der Waals surface area contributed by atoms with Gasteiger partial charge in [-0.05, 0) is 25.5 Å². The molecular formula is C11H18N4O. The minimum absolute atomic E-state index is 0.222. The summed E-state index contributed by atoms with van der Waals surface area (Å²) in [4.78, 5) is 11.2. The summed E-state index contributed by atoms with van der Waals surface area (Å²) >= 11 is 0. The van der Waals surface area contributed by atoms with Gasteiger partial charge in [0.1, 0.15) is 5.82 Å². The van der Waals surface area contributed by atoms with Gasteiger partial charge in [-0.1, -0.05) is 13.3 Å². The van der Waals surface area contributed by atoms with Crippen LogP contribution in [0.1, 0.15) is 37.2 Å². The first-order valence-electron chi connectivity index (χ1n) is 5.49.